The van der Waals surface area contributed by atoms with Crippen LogP contribution in [0.1, 0.15) is 46.0 Å². The van der Waals surface area contributed by atoms with Gasteiger partial charge in [-0.15, -0.1) is 0 Å². The number of piperidine rings is 1. The highest BCUT2D eigenvalue weighted by molar-refractivity contribution is 5.78. The van der Waals surface area contributed by atoms with Crippen LogP contribution in [0.25, 0.3) is 11.0 Å². The number of hydrogen-bond acceptors (Lipinski definition) is 3. The lowest BCUT2D eigenvalue weighted by molar-refractivity contribution is -0.135. The summed E-state index contributed by atoms with van der Waals surface area (Å²) in [7, 11) is 0. The second kappa shape index (κ2) is 8.08. The third-order valence-corrected chi connectivity index (χ3v) is 5.40. The van der Waals surface area contributed by atoms with Gasteiger partial charge in [0.1, 0.15) is 0 Å². The van der Waals surface area contributed by atoms with Gasteiger partial charge >= 0.3 is 5.69 Å². The predicted molar refractivity (Wildman–Crippen MR) is 104 cm³/mol. The number of carbonyl (C=O) groups excluding carboxylic acids is 1. The summed E-state index contributed by atoms with van der Waals surface area (Å²) in [5.74, 6) is 0.103. The Morgan fingerprint density at radius 3 is 2.46 bits per heavy atom. The molecule has 2 heterocycles. The van der Waals surface area contributed by atoms with Crippen LogP contribution in [0.2, 0.25) is 0 Å². The molecule has 0 aliphatic carbocycles. The summed E-state index contributed by atoms with van der Waals surface area (Å²) in [5, 5.41) is 0. The Bertz CT molecular complexity index is 821. The molecule has 6 heteroatoms. The molecule has 142 valence electrons. The maximum atomic E-state index is 12.8. The molecule has 6 nitrogen and oxygen atoms in total. The lowest BCUT2D eigenvalue weighted by atomic mass is 9.96. The molecule has 26 heavy (non-hydrogen) atoms. The van der Waals surface area contributed by atoms with Gasteiger partial charge < -0.3 is 10.6 Å². The maximum Gasteiger partial charge on any atom is 0.329 e. The molecule has 1 saturated heterocycles. The molecular weight excluding hydrogens is 328 g/mol. The number of carbonyl (C=O) groups is 1. The zero-order chi connectivity index (χ0) is 18.7. The molecule has 0 radical (unpaired) electrons. The van der Waals surface area contributed by atoms with E-state index in [9.17, 15) is 9.59 Å². The molecule has 0 bridgehead atoms. The summed E-state index contributed by atoms with van der Waals surface area (Å²) < 4.78 is 3.55. The second-order valence-electron chi connectivity index (χ2n) is 7.33. The molecule has 1 amide bonds. The van der Waals surface area contributed by atoms with E-state index in [1.54, 1.807) is 4.57 Å². The van der Waals surface area contributed by atoms with E-state index in [-0.39, 0.29) is 23.7 Å². The van der Waals surface area contributed by atoms with Crippen LogP contribution < -0.4 is 11.4 Å². The van der Waals surface area contributed by atoms with Gasteiger partial charge in [-0.05, 0) is 44.7 Å². The molecule has 1 fully saturated rings. The van der Waals surface area contributed by atoms with Crippen LogP contribution in [-0.2, 0) is 17.9 Å². The first-order valence-corrected chi connectivity index (χ1v) is 9.77. The zero-order valence-electron chi connectivity index (χ0n) is 15.9. The monoisotopic (exact) mass is 358 g/mol. The Kier molecular flexibility index (Phi) is 5.81. The molecule has 3 rings (SSSR count). The van der Waals surface area contributed by atoms with Crippen molar-refractivity contribution in [3.8, 4) is 0 Å². The average Bonchev–Trinajstić information content (AvgIpc) is 2.92. The van der Waals surface area contributed by atoms with E-state index in [0.29, 0.717) is 19.5 Å². The summed E-state index contributed by atoms with van der Waals surface area (Å²) in [6, 6.07) is 7.92. The van der Waals surface area contributed by atoms with Crippen molar-refractivity contribution in [2.45, 2.75) is 71.1 Å². The number of nitrogens with two attached hydrogens (primary N) is 1. The molecule has 1 aliphatic heterocycles. The van der Waals surface area contributed by atoms with Crippen LogP contribution in [0.15, 0.2) is 29.1 Å². The lowest BCUT2D eigenvalue weighted by Gasteiger charge is -2.38. The Hall–Kier alpha value is -2.08. The Morgan fingerprint density at radius 1 is 1.19 bits per heavy atom. The van der Waals surface area contributed by atoms with Crippen LogP contribution in [0.5, 0.6) is 0 Å². The number of aromatic nitrogens is 2. The quantitative estimate of drug-likeness (QED) is 0.861. The van der Waals surface area contributed by atoms with Crippen molar-refractivity contribution < 1.29 is 4.79 Å². The fraction of sp³-hybridized carbons (Fsp3) is 0.600. The highest BCUT2D eigenvalue weighted by atomic mass is 16.2. The summed E-state index contributed by atoms with van der Waals surface area (Å²) in [4.78, 5) is 27.6. The van der Waals surface area contributed by atoms with Crippen molar-refractivity contribution in [1.29, 1.82) is 0 Å². The number of fused-ring (bicyclic) bond motifs is 1. The first kappa shape index (κ1) is 18.7. The highest BCUT2D eigenvalue weighted by Gasteiger charge is 2.29. The highest BCUT2D eigenvalue weighted by Crippen LogP contribution is 2.20. The minimum Gasteiger partial charge on any atom is -0.338 e. The third kappa shape index (κ3) is 3.56. The number of benzene rings is 1. The van der Waals surface area contributed by atoms with Gasteiger partial charge in [-0.2, -0.15) is 0 Å². The van der Waals surface area contributed by atoms with Crippen LogP contribution >= 0.6 is 0 Å². The minimum absolute atomic E-state index is 0.0200. The predicted octanol–water partition coefficient (Wildman–Crippen LogP) is 2.33. The smallest absolute Gasteiger partial charge is 0.329 e. The average molecular weight is 358 g/mol. The summed E-state index contributed by atoms with van der Waals surface area (Å²) in [6.45, 7) is 5.92. The molecule has 1 aromatic heterocycles. The van der Waals surface area contributed by atoms with Gasteiger partial charge in [-0.3, -0.25) is 13.9 Å². The summed E-state index contributed by atoms with van der Waals surface area (Å²) >= 11 is 0. The van der Waals surface area contributed by atoms with Crippen molar-refractivity contribution in [2.24, 2.45) is 5.73 Å². The van der Waals surface area contributed by atoms with Crippen molar-refractivity contribution in [1.82, 2.24) is 14.0 Å². The van der Waals surface area contributed by atoms with Crippen molar-refractivity contribution in [3.63, 3.8) is 0 Å². The first-order chi connectivity index (χ1) is 12.5. The number of imidazole rings is 1. The van der Waals surface area contributed by atoms with Crippen LogP contribution in [-0.4, -0.2) is 38.6 Å². The Balaban J connectivity index is 1.80. The molecule has 0 spiro atoms. The summed E-state index contributed by atoms with van der Waals surface area (Å²) in [5.41, 5.74) is 7.91. The minimum atomic E-state index is -0.0248. The Labute approximate surface area is 154 Å². The van der Waals surface area contributed by atoms with Gasteiger partial charge in [0.2, 0.25) is 5.91 Å². The van der Waals surface area contributed by atoms with Gasteiger partial charge in [0.25, 0.3) is 0 Å². The summed E-state index contributed by atoms with van der Waals surface area (Å²) in [6.07, 6.45) is 4.36. The molecule has 2 aromatic rings. The molecule has 1 aromatic carbocycles. The van der Waals surface area contributed by atoms with Crippen LogP contribution in [0, 0.1) is 0 Å². The molecule has 2 N–H and O–H groups in total. The van der Waals surface area contributed by atoms with Gasteiger partial charge in [0, 0.05) is 38.1 Å². The number of nitrogens with zero attached hydrogens (tertiary/aromatic N) is 3. The van der Waals surface area contributed by atoms with Crippen LogP contribution in [0.3, 0.4) is 0 Å². The number of rotatable bonds is 6. The van der Waals surface area contributed by atoms with E-state index in [1.807, 2.05) is 40.7 Å². The first-order valence-electron chi connectivity index (χ1n) is 9.77. The fourth-order valence-electron chi connectivity index (χ4n) is 4.09. The van der Waals surface area contributed by atoms with Gasteiger partial charge in [0.15, 0.2) is 0 Å². The van der Waals surface area contributed by atoms with E-state index in [4.69, 9.17) is 5.73 Å². The number of amides is 1. The van der Waals surface area contributed by atoms with Crippen LogP contribution in [0.4, 0.5) is 0 Å². The molecule has 2 unspecified atom stereocenters. The molecule has 0 saturated carbocycles. The van der Waals surface area contributed by atoms with Gasteiger partial charge in [-0.25, -0.2) is 4.79 Å². The fourth-order valence-corrected chi connectivity index (χ4v) is 4.09. The van der Waals surface area contributed by atoms with Crippen molar-refractivity contribution in [3.05, 3.63) is 34.7 Å². The van der Waals surface area contributed by atoms with Crippen molar-refractivity contribution >= 4 is 16.9 Å². The second-order valence-corrected chi connectivity index (χ2v) is 7.33. The zero-order valence-corrected chi connectivity index (χ0v) is 15.9. The number of para-hydroxylation sites is 2. The lowest BCUT2D eigenvalue weighted by Crippen LogP contribution is -2.51. The molecule has 2 atom stereocenters. The van der Waals surface area contributed by atoms with Gasteiger partial charge in [0.05, 0.1) is 11.0 Å². The van der Waals surface area contributed by atoms with E-state index in [0.717, 1.165) is 43.3 Å². The maximum absolute atomic E-state index is 12.8. The largest absolute Gasteiger partial charge is 0.338 e. The normalized spacial score (nSPS) is 19.0. The Morgan fingerprint density at radius 2 is 1.85 bits per heavy atom. The topological polar surface area (TPSA) is 73.3 Å². The molecule has 1 aliphatic rings. The van der Waals surface area contributed by atoms with Crippen molar-refractivity contribution in [2.75, 3.05) is 6.54 Å². The van der Waals surface area contributed by atoms with Gasteiger partial charge in [-0.1, -0.05) is 19.1 Å². The SMILES string of the molecule is CCCn1c(=O)n(CCC(=O)N2CCCCC2C(C)N)c2ccccc21. The standard InChI is InChI=1S/C20H30N4O2/c1-3-12-23-17-9-4-5-10-18(17)24(20(23)26)14-11-19(25)22-13-7-6-8-16(22)15(2)21/h4-5,9-10,15-16H,3,6-8,11-14,21H2,1-2H3. The van der Waals surface area contributed by atoms with E-state index < -0.39 is 0 Å². The molecular formula is C20H30N4O2. The number of likely N-dealkylation sites (tertiary alicyclic amines) is 1. The number of hydrogen-bond donors (Lipinski definition) is 1. The van der Waals surface area contributed by atoms with E-state index >= 15 is 0 Å². The van der Waals surface area contributed by atoms with E-state index in [1.165, 1.54) is 0 Å². The third-order valence-electron chi connectivity index (χ3n) is 5.40. The van der Waals surface area contributed by atoms with E-state index in [2.05, 4.69) is 6.92 Å². The number of aryl methyl sites for hydroxylation is 2.